The maximum absolute atomic E-state index is 12.4. The highest BCUT2D eigenvalue weighted by Crippen LogP contribution is 2.07. The normalized spacial score (nSPS) is 11.1. The summed E-state index contributed by atoms with van der Waals surface area (Å²) in [6.07, 6.45) is -1.69. The molecule has 0 aliphatic rings. The summed E-state index contributed by atoms with van der Waals surface area (Å²) in [5.41, 5.74) is 0.294. The number of amides is 3. The van der Waals surface area contributed by atoms with Crippen molar-refractivity contribution in [1.29, 1.82) is 0 Å². The van der Waals surface area contributed by atoms with Gasteiger partial charge in [-0.2, -0.15) is 0 Å². The Balaban J connectivity index is 2.36. The Bertz CT molecular complexity index is 721. The lowest BCUT2D eigenvalue weighted by molar-refractivity contribution is -0.133. The first kappa shape index (κ1) is 28.2. The number of benzene rings is 1. The van der Waals surface area contributed by atoms with Crippen LogP contribution in [0.25, 0.3) is 0 Å². The van der Waals surface area contributed by atoms with Crippen molar-refractivity contribution in [2.75, 3.05) is 26.2 Å². The van der Waals surface area contributed by atoms with Gasteiger partial charge in [0.25, 0.3) is 0 Å². The molecule has 1 aromatic carbocycles. The molecule has 0 unspecified atom stereocenters. The first-order valence-corrected chi connectivity index (χ1v) is 11.1. The van der Waals surface area contributed by atoms with E-state index in [2.05, 4.69) is 10.6 Å². The lowest BCUT2D eigenvalue weighted by atomic mass is 10.2. The number of carbonyl (C=O) groups excluding carboxylic acids is 3. The van der Waals surface area contributed by atoms with E-state index < -0.39 is 24.1 Å². The fourth-order valence-corrected chi connectivity index (χ4v) is 2.78. The van der Waals surface area contributed by atoms with Gasteiger partial charge in [-0.15, -0.1) is 0 Å². The SMILES string of the molecule is CC(C)(C)OC(=O)NCCCN(CCCNC(=O)OCc1ccccc1)C(=O)CCC(O)O. The van der Waals surface area contributed by atoms with E-state index in [0.717, 1.165) is 5.56 Å². The molecule has 4 N–H and O–H groups in total. The molecule has 0 aromatic heterocycles. The van der Waals surface area contributed by atoms with Crippen LogP contribution in [-0.4, -0.2) is 71.3 Å². The van der Waals surface area contributed by atoms with Gasteiger partial charge in [0.15, 0.2) is 6.29 Å². The van der Waals surface area contributed by atoms with E-state index in [-0.39, 0.29) is 25.4 Å². The summed E-state index contributed by atoms with van der Waals surface area (Å²) in [4.78, 5) is 37.5. The molecule has 0 atom stereocenters. The predicted molar refractivity (Wildman–Crippen MR) is 122 cm³/mol. The van der Waals surface area contributed by atoms with Crippen molar-refractivity contribution in [2.24, 2.45) is 0 Å². The lowest BCUT2D eigenvalue weighted by Crippen LogP contribution is -2.38. The Kier molecular flexibility index (Phi) is 12.9. The topological polar surface area (TPSA) is 137 Å². The molecule has 33 heavy (non-hydrogen) atoms. The molecule has 10 heteroatoms. The summed E-state index contributed by atoms with van der Waals surface area (Å²) < 4.78 is 10.3. The highest BCUT2D eigenvalue weighted by molar-refractivity contribution is 5.76. The highest BCUT2D eigenvalue weighted by Gasteiger charge is 2.17. The number of nitrogens with zero attached hydrogens (tertiary/aromatic N) is 1. The third kappa shape index (κ3) is 14.8. The number of hydrogen-bond donors (Lipinski definition) is 4. The number of hydrogen-bond acceptors (Lipinski definition) is 7. The van der Waals surface area contributed by atoms with E-state index in [1.165, 1.54) is 0 Å². The van der Waals surface area contributed by atoms with Crippen LogP contribution >= 0.6 is 0 Å². The van der Waals surface area contributed by atoms with Gasteiger partial charge in [0.05, 0.1) is 0 Å². The molecule has 0 spiro atoms. The molecule has 0 heterocycles. The van der Waals surface area contributed by atoms with Gasteiger partial charge in [0.1, 0.15) is 12.2 Å². The van der Waals surface area contributed by atoms with E-state index in [1.807, 2.05) is 30.3 Å². The summed E-state index contributed by atoms with van der Waals surface area (Å²) in [6, 6.07) is 9.32. The van der Waals surface area contributed by atoms with Crippen LogP contribution in [0, 0.1) is 0 Å². The van der Waals surface area contributed by atoms with E-state index in [9.17, 15) is 14.4 Å². The first-order valence-electron chi connectivity index (χ1n) is 11.1. The number of nitrogens with one attached hydrogen (secondary N) is 2. The number of aliphatic hydroxyl groups excluding tert-OH is 1. The maximum Gasteiger partial charge on any atom is 0.407 e. The van der Waals surface area contributed by atoms with Gasteiger partial charge < -0.3 is 35.2 Å². The Morgan fingerprint density at radius 3 is 2.09 bits per heavy atom. The lowest BCUT2D eigenvalue weighted by Gasteiger charge is -2.24. The van der Waals surface area contributed by atoms with Gasteiger partial charge in [-0.05, 0) is 39.2 Å². The summed E-state index contributed by atoms with van der Waals surface area (Å²) in [5, 5.41) is 23.3. The Morgan fingerprint density at radius 1 is 0.970 bits per heavy atom. The summed E-state index contributed by atoms with van der Waals surface area (Å²) in [7, 11) is 0. The summed E-state index contributed by atoms with van der Waals surface area (Å²) >= 11 is 0. The first-order chi connectivity index (χ1) is 15.6. The third-order valence-corrected chi connectivity index (χ3v) is 4.33. The van der Waals surface area contributed by atoms with Crippen molar-refractivity contribution in [3.8, 4) is 0 Å². The van der Waals surface area contributed by atoms with E-state index in [1.54, 1.807) is 25.7 Å². The van der Waals surface area contributed by atoms with E-state index >= 15 is 0 Å². The number of rotatable bonds is 13. The molecule has 0 aliphatic heterocycles. The van der Waals surface area contributed by atoms with Gasteiger partial charge >= 0.3 is 12.2 Å². The Hall–Kier alpha value is -2.85. The Labute approximate surface area is 195 Å². The van der Waals surface area contributed by atoms with Crippen LogP contribution in [0.15, 0.2) is 30.3 Å². The minimum Gasteiger partial charge on any atom is -0.445 e. The average Bonchev–Trinajstić information content (AvgIpc) is 2.74. The van der Waals surface area contributed by atoms with E-state index in [0.29, 0.717) is 39.0 Å². The average molecular weight is 468 g/mol. The quantitative estimate of drug-likeness (QED) is 0.258. The second kappa shape index (κ2) is 15.1. The minimum absolute atomic E-state index is 0.0102. The monoisotopic (exact) mass is 467 g/mol. The van der Waals surface area contributed by atoms with Crippen LogP contribution in [0.2, 0.25) is 0 Å². The smallest absolute Gasteiger partial charge is 0.407 e. The highest BCUT2D eigenvalue weighted by atomic mass is 16.6. The molecule has 186 valence electrons. The van der Waals surface area contributed by atoms with E-state index in [4.69, 9.17) is 19.7 Å². The number of alkyl carbamates (subject to hydrolysis) is 2. The van der Waals surface area contributed by atoms with Crippen molar-refractivity contribution in [3.63, 3.8) is 0 Å². The number of aliphatic hydroxyl groups is 2. The predicted octanol–water partition coefficient (Wildman–Crippen LogP) is 2.14. The van der Waals surface area contributed by atoms with Crippen LogP contribution < -0.4 is 10.6 Å². The van der Waals surface area contributed by atoms with Crippen LogP contribution in [0.5, 0.6) is 0 Å². The number of ether oxygens (including phenoxy) is 2. The van der Waals surface area contributed by atoms with Crippen molar-refractivity contribution >= 4 is 18.1 Å². The van der Waals surface area contributed by atoms with Crippen molar-refractivity contribution < 1.29 is 34.1 Å². The molecule has 10 nitrogen and oxygen atoms in total. The second-order valence-electron chi connectivity index (χ2n) is 8.52. The zero-order valence-corrected chi connectivity index (χ0v) is 19.7. The fraction of sp³-hybridized carbons (Fsp3) is 0.609. The molecule has 0 saturated carbocycles. The molecular weight excluding hydrogens is 430 g/mol. The van der Waals surface area contributed by atoms with Gasteiger partial charge in [-0.3, -0.25) is 4.79 Å². The third-order valence-electron chi connectivity index (χ3n) is 4.33. The molecule has 0 fully saturated rings. The summed E-state index contributed by atoms with van der Waals surface area (Å²) in [6.45, 7) is 6.86. The molecule has 3 amide bonds. The zero-order valence-electron chi connectivity index (χ0n) is 19.7. The van der Waals surface area contributed by atoms with Gasteiger partial charge in [0.2, 0.25) is 5.91 Å². The van der Waals surface area contributed by atoms with Gasteiger partial charge in [-0.1, -0.05) is 30.3 Å². The van der Waals surface area contributed by atoms with Crippen molar-refractivity contribution in [3.05, 3.63) is 35.9 Å². The molecule has 0 saturated heterocycles. The van der Waals surface area contributed by atoms with Gasteiger partial charge in [0, 0.05) is 39.0 Å². The van der Waals surface area contributed by atoms with Gasteiger partial charge in [-0.25, -0.2) is 9.59 Å². The van der Waals surface area contributed by atoms with Crippen molar-refractivity contribution in [2.45, 2.75) is 65.0 Å². The van der Waals surface area contributed by atoms with Crippen LogP contribution in [0.4, 0.5) is 9.59 Å². The molecule has 0 bridgehead atoms. The molecule has 1 rings (SSSR count). The van der Waals surface area contributed by atoms with Crippen LogP contribution in [-0.2, 0) is 20.9 Å². The fourth-order valence-electron chi connectivity index (χ4n) is 2.78. The zero-order chi connectivity index (χ0) is 24.7. The van der Waals surface area contributed by atoms with Crippen LogP contribution in [0.1, 0.15) is 52.0 Å². The maximum atomic E-state index is 12.4. The standard InChI is InChI=1S/C23H37N3O7/c1-23(2,3)33-22(31)25-14-8-16-26(19(27)11-12-20(28)29)15-7-13-24-21(30)32-17-18-9-5-4-6-10-18/h4-6,9-10,20,28-29H,7-8,11-17H2,1-3H3,(H,24,30)(H,25,31). The number of carbonyl (C=O) groups is 3. The van der Waals surface area contributed by atoms with Crippen molar-refractivity contribution in [1.82, 2.24) is 15.5 Å². The molecular formula is C23H37N3O7. The molecule has 0 aliphatic carbocycles. The molecule has 1 aromatic rings. The van der Waals surface area contributed by atoms with Crippen LogP contribution in [0.3, 0.4) is 0 Å². The largest absolute Gasteiger partial charge is 0.445 e. The minimum atomic E-state index is -1.55. The summed E-state index contributed by atoms with van der Waals surface area (Å²) in [5.74, 6) is -0.230. The Morgan fingerprint density at radius 2 is 1.55 bits per heavy atom. The second-order valence-corrected chi connectivity index (χ2v) is 8.52. The molecule has 0 radical (unpaired) electrons.